The van der Waals surface area contributed by atoms with Gasteiger partial charge in [0.25, 0.3) is 0 Å². The fourth-order valence-corrected chi connectivity index (χ4v) is 2.59. The summed E-state index contributed by atoms with van der Waals surface area (Å²) in [6.45, 7) is 4.89. The predicted octanol–water partition coefficient (Wildman–Crippen LogP) is 3.03. The van der Waals surface area contributed by atoms with E-state index < -0.39 is 0 Å². The fraction of sp³-hybridized carbons (Fsp3) is 0.357. The number of aryl methyl sites for hydroxylation is 2. The van der Waals surface area contributed by atoms with Crippen LogP contribution in [0.4, 0.5) is 0 Å². The van der Waals surface area contributed by atoms with Crippen LogP contribution in [-0.2, 0) is 13.0 Å². The lowest BCUT2D eigenvalue weighted by atomic mass is 10.1. The molecule has 0 saturated carbocycles. The first kappa shape index (κ1) is 14.2. The second kappa shape index (κ2) is 6.27. The molecule has 0 aliphatic carbocycles. The maximum Gasteiger partial charge on any atom is 0.171 e. The van der Waals surface area contributed by atoms with Gasteiger partial charge < -0.3 is 0 Å². The second-order valence-electron chi connectivity index (χ2n) is 4.44. The van der Waals surface area contributed by atoms with Gasteiger partial charge in [-0.05, 0) is 41.5 Å². The summed E-state index contributed by atoms with van der Waals surface area (Å²) in [6.07, 6.45) is 2.80. The van der Waals surface area contributed by atoms with Gasteiger partial charge in [-0.1, -0.05) is 25.1 Å². The van der Waals surface area contributed by atoms with E-state index in [2.05, 4.69) is 39.6 Å². The van der Waals surface area contributed by atoms with Gasteiger partial charge in [0, 0.05) is 15.7 Å². The van der Waals surface area contributed by atoms with Crippen LogP contribution in [0.5, 0.6) is 0 Å². The van der Waals surface area contributed by atoms with E-state index in [9.17, 15) is 4.79 Å². The molecule has 0 bridgehead atoms. The molecule has 0 N–H and O–H groups in total. The quantitative estimate of drug-likeness (QED) is 0.601. The molecule has 1 aromatic heterocycles. The van der Waals surface area contributed by atoms with Crippen molar-refractivity contribution in [3.8, 4) is 0 Å². The molecule has 19 heavy (non-hydrogen) atoms. The summed E-state index contributed by atoms with van der Waals surface area (Å²) in [5.41, 5.74) is 1.90. The Morgan fingerprint density at radius 2 is 2.21 bits per heavy atom. The number of aromatic nitrogens is 3. The van der Waals surface area contributed by atoms with Crippen LogP contribution in [0.15, 0.2) is 24.5 Å². The van der Waals surface area contributed by atoms with Gasteiger partial charge in [-0.3, -0.25) is 4.79 Å². The molecule has 4 nitrogen and oxygen atoms in total. The number of Topliss-reactive ketones (excluding diaryl/α,β-unsaturated/α-hetero) is 1. The monoisotopic (exact) mass is 369 g/mol. The third-order valence-corrected chi connectivity index (χ3v) is 4.37. The molecule has 0 fully saturated rings. The van der Waals surface area contributed by atoms with Crippen LogP contribution >= 0.6 is 22.6 Å². The van der Waals surface area contributed by atoms with E-state index in [1.807, 2.05) is 25.1 Å². The molecule has 5 heteroatoms. The standard InChI is InChI=1S/C14H16IN3O/c1-3-7-18-13(16-9-17-18)8-12(19)11-6-4-5-10(2)14(11)15/h4-6,9H,3,7-8H2,1-2H3. The highest BCUT2D eigenvalue weighted by atomic mass is 127. The molecule has 2 rings (SSSR count). The van der Waals surface area contributed by atoms with Crippen molar-refractivity contribution in [3.05, 3.63) is 45.0 Å². The Hall–Kier alpha value is -1.24. The summed E-state index contributed by atoms with van der Waals surface area (Å²) < 4.78 is 2.83. The van der Waals surface area contributed by atoms with Crippen molar-refractivity contribution >= 4 is 28.4 Å². The minimum absolute atomic E-state index is 0.0958. The number of benzene rings is 1. The van der Waals surface area contributed by atoms with Crippen molar-refractivity contribution in [2.75, 3.05) is 0 Å². The Balaban J connectivity index is 2.21. The smallest absolute Gasteiger partial charge is 0.171 e. The van der Waals surface area contributed by atoms with Gasteiger partial charge in [-0.25, -0.2) is 9.67 Å². The molecule has 1 aromatic carbocycles. The van der Waals surface area contributed by atoms with Gasteiger partial charge in [-0.15, -0.1) is 0 Å². The molecule has 0 unspecified atom stereocenters. The SMILES string of the molecule is CCCn1ncnc1CC(=O)c1cccc(C)c1I. The topological polar surface area (TPSA) is 47.8 Å². The molecule has 0 atom stereocenters. The zero-order valence-corrected chi connectivity index (χ0v) is 13.2. The lowest BCUT2D eigenvalue weighted by Gasteiger charge is -2.07. The molecule has 0 aliphatic heterocycles. The van der Waals surface area contributed by atoms with Crippen molar-refractivity contribution in [1.29, 1.82) is 0 Å². The van der Waals surface area contributed by atoms with Gasteiger partial charge in [-0.2, -0.15) is 5.10 Å². The molecule has 0 spiro atoms. The number of hydrogen-bond acceptors (Lipinski definition) is 3. The average Bonchev–Trinajstić information content (AvgIpc) is 2.80. The normalized spacial score (nSPS) is 10.7. The minimum Gasteiger partial charge on any atom is -0.294 e. The zero-order chi connectivity index (χ0) is 13.8. The maximum absolute atomic E-state index is 12.4. The summed E-state index contributed by atoms with van der Waals surface area (Å²) in [5.74, 6) is 0.836. The average molecular weight is 369 g/mol. The maximum atomic E-state index is 12.4. The zero-order valence-electron chi connectivity index (χ0n) is 11.1. The molecular formula is C14H16IN3O. The number of rotatable bonds is 5. The number of carbonyl (C=O) groups is 1. The number of ketones is 1. The van der Waals surface area contributed by atoms with Crippen molar-refractivity contribution in [2.24, 2.45) is 0 Å². The van der Waals surface area contributed by atoms with E-state index in [4.69, 9.17) is 0 Å². The Morgan fingerprint density at radius 3 is 2.95 bits per heavy atom. The van der Waals surface area contributed by atoms with E-state index in [0.717, 1.165) is 33.5 Å². The van der Waals surface area contributed by atoms with Crippen LogP contribution in [0.3, 0.4) is 0 Å². The fourth-order valence-electron chi connectivity index (χ4n) is 1.93. The van der Waals surface area contributed by atoms with E-state index >= 15 is 0 Å². The van der Waals surface area contributed by atoms with E-state index in [1.54, 1.807) is 4.68 Å². The lowest BCUT2D eigenvalue weighted by molar-refractivity contribution is 0.0988. The number of halogens is 1. The summed E-state index contributed by atoms with van der Waals surface area (Å²) in [4.78, 5) is 16.5. The second-order valence-corrected chi connectivity index (χ2v) is 5.51. The predicted molar refractivity (Wildman–Crippen MR) is 82.2 cm³/mol. The van der Waals surface area contributed by atoms with Crippen LogP contribution in [0.1, 0.15) is 35.1 Å². The van der Waals surface area contributed by atoms with Gasteiger partial charge in [0.05, 0.1) is 6.42 Å². The van der Waals surface area contributed by atoms with Crippen LogP contribution in [0, 0.1) is 10.5 Å². The van der Waals surface area contributed by atoms with Gasteiger partial charge in [0.1, 0.15) is 12.2 Å². The molecular weight excluding hydrogens is 353 g/mol. The number of carbonyl (C=O) groups excluding carboxylic acids is 1. The van der Waals surface area contributed by atoms with Crippen molar-refractivity contribution in [2.45, 2.75) is 33.2 Å². The van der Waals surface area contributed by atoms with Crippen molar-refractivity contribution in [1.82, 2.24) is 14.8 Å². The van der Waals surface area contributed by atoms with E-state index in [-0.39, 0.29) is 5.78 Å². The summed E-state index contributed by atoms with van der Waals surface area (Å²) in [5, 5.41) is 4.14. The van der Waals surface area contributed by atoms with Crippen LogP contribution < -0.4 is 0 Å². The lowest BCUT2D eigenvalue weighted by Crippen LogP contribution is -2.12. The Bertz CT molecular complexity index is 592. The molecule has 2 aromatic rings. The van der Waals surface area contributed by atoms with Crippen LogP contribution in [0.25, 0.3) is 0 Å². The van der Waals surface area contributed by atoms with Crippen molar-refractivity contribution in [3.63, 3.8) is 0 Å². The Labute approximate surface area is 126 Å². The molecule has 0 aliphatic rings. The first-order valence-electron chi connectivity index (χ1n) is 6.28. The third-order valence-electron chi connectivity index (χ3n) is 2.94. The van der Waals surface area contributed by atoms with Crippen LogP contribution in [0.2, 0.25) is 0 Å². The Kier molecular flexibility index (Phi) is 4.68. The number of hydrogen-bond donors (Lipinski definition) is 0. The first-order chi connectivity index (χ1) is 9.13. The number of nitrogens with zero attached hydrogens (tertiary/aromatic N) is 3. The third kappa shape index (κ3) is 3.20. The first-order valence-corrected chi connectivity index (χ1v) is 7.36. The molecule has 1 heterocycles. The highest BCUT2D eigenvalue weighted by molar-refractivity contribution is 14.1. The Morgan fingerprint density at radius 1 is 1.42 bits per heavy atom. The van der Waals surface area contributed by atoms with E-state index in [1.165, 1.54) is 6.33 Å². The van der Waals surface area contributed by atoms with E-state index in [0.29, 0.717) is 6.42 Å². The molecule has 0 radical (unpaired) electrons. The highest BCUT2D eigenvalue weighted by Gasteiger charge is 2.15. The van der Waals surface area contributed by atoms with Gasteiger partial charge in [0.15, 0.2) is 5.78 Å². The van der Waals surface area contributed by atoms with Crippen molar-refractivity contribution < 1.29 is 4.79 Å². The minimum atomic E-state index is 0.0958. The molecule has 0 saturated heterocycles. The summed E-state index contributed by atoms with van der Waals surface area (Å²) in [6, 6.07) is 5.80. The molecule has 100 valence electrons. The largest absolute Gasteiger partial charge is 0.294 e. The van der Waals surface area contributed by atoms with Gasteiger partial charge >= 0.3 is 0 Å². The summed E-state index contributed by atoms with van der Waals surface area (Å²) in [7, 11) is 0. The summed E-state index contributed by atoms with van der Waals surface area (Å²) >= 11 is 2.22. The molecule has 0 amide bonds. The van der Waals surface area contributed by atoms with Crippen LogP contribution in [-0.4, -0.2) is 20.5 Å². The highest BCUT2D eigenvalue weighted by Crippen LogP contribution is 2.18. The van der Waals surface area contributed by atoms with Gasteiger partial charge in [0.2, 0.25) is 0 Å².